The van der Waals surface area contributed by atoms with Crippen LogP contribution < -0.4 is 4.74 Å². The molecule has 1 fully saturated rings. The minimum atomic E-state index is -1.44. The largest absolute Gasteiger partial charge is 0.497 e. The van der Waals surface area contributed by atoms with Gasteiger partial charge in [0.15, 0.2) is 11.6 Å². The van der Waals surface area contributed by atoms with Gasteiger partial charge < -0.3 is 19.8 Å². The molecule has 40 heavy (non-hydrogen) atoms. The zero-order chi connectivity index (χ0) is 28.9. The normalized spacial score (nSPS) is 16.2. The second-order valence-electron chi connectivity index (χ2n) is 10.6. The molecule has 2 heterocycles. The van der Waals surface area contributed by atoms with E-state index in [2.05, 4.69) is 9.88 Å². The molecule has 6 nitrogen and oxygen atoms in total. The molecule has 10 heteroatoms. The van der Waals surface area contributed by atoms with Crippen molar-refractivity contribution in [3.8, 4) is 5.75 Å². The maximum absolute atomic E-state index is 15.9. The number of alkyl halides is 1. The molecular formula is C30H34F4N2O4. The molecule has 4 rings (SSSR count). The molecule has 0 unspecified atom stereocenters. The minimum Gasteiger partial charge on any atom is -0.497 e. The lowest BCUT2D eigenvalue weighted by molar-refractivity contribution is -0.141. The highest BCUT2D eigenvalue weighted by molar-refractivity contribution is 5.85. The number of carbonyl (C=O) groups is 1. The molecule has 216 valence electrons. The Bertz CT molecular complexity index is 1340. The van der Waals surface area contributed by atoms with E-state index in [1.807, 2.05) is 0 Å². The molecule has 1 aliphatic rings. The van der Waals surface area contributed by atoms with Gasteiger partial charge in [-0.3, -0.25) is 9.78 Å². The number of hydrogen-bond donors (Lipinski definition) is 2. The number of likely N-dealkylation sites (tertiary alicyclic amines) is 1. The zero-order valence-corrected chi connectivity index (χ0v) is 22.4. The van der Waals surface area contributed by atoms with Crippen molar-refractivity contribution in [2.24, 2.45) is 5.41 Å². The van der Waals surface area contributed by atoms with Crippen molar-refractivity contribution in [2.75, 3.05) is 26.7 Å². The number of benzene rings is 2. The molecule has 0 radical (unpaired) electrons. The summed E-state index contributed by atoms with van der Waals surface area (Å²) in [4.78, 5) is 18.2. The molecule has 1 atom stereocenters. The number of aryl methyl sites for hydroxylation is 1. The summed E-state index contributed by atoms with van der Waals surface area (Å²) in [7, 11) is 1.51. The Morgan fingerprint density at radius 1 is 1.15 bits per heavy atom. The number of aliphatic hydroxyl groups excluding tert-OH is 1. The number of aliphatic carboxylic acids is 1. The maximum atomic E-state index is 15.9. The van der Waals surface area contributed by atoms with E-state index in [0.29, 0.717) is 79.2 Å². The highest BCUT2D eigenvalue weighted by Gasteiger charge is 2.37. The average molecular weight is 563 g/mol. The molecule has 3 aromatic rings. The smallest absolute Gasteiger partial charge is 0.303 e. The maximum Gasteiger partial charge on any atom is 0.303 e. The van der Waals surface area contributed by atoms with E-state index in [0.717, 1.165) is 6.07 Å². The summed E-state index contributed by atoms with van der Waals surface area (Å²) in [5, 5.41) is 20.1. The first-order chi connectivity index (χ1) is 19.1. The number of carboxylic acid groups (broad SMARTS) is 1. The van der Waals surface area contributed by atoms with Crippen LogP contribution in [0.3, 0.4) is 0 Å². The van der Waals surface area contributed by atoms with Crippen molar-refractivity contribution >= 4 is 16.9 Å². The van der Waals surface area contributed by atoms with E-state index in [4.69, 9.17) is 4.74 Å². The highest BCUT2D eigenvalue weighted by atomic mass is 19.2. The van der Waals surface area contributed by atoms with Crippen LogP contribution in [-0.4, -0.2) is 52.8 Å². The summed E-state index contributed by atoms with van der Waals surface area (Å²) in [6, 6.07) is 6.68. The second kappa shape index (κ2) is 13.0. The molecule has 1 aromatic heterocycles. The molecule has 0 bridgehead atoms. The Labute approximate surface area is 230 Å². The van der Waals surface area contributed by atoms with E-state index in [-0.39, 0.29) is 31.4 Å². The van der Waals surface area contributed by atoms with Crippen LogP contribution >= 0.6 is 0 Å². The third-order valence-electron chi connectivity index (χ3n) is 8.04. The highest BCUT2D eigenvalue weighted by Crippen LogP contribution is 2.43. The van der Waals surface area contributed by atoms with Crippen molar-refractivity contribution in [2.45, 2.75) is 57.7 Å². The lowest BCUT2D eigenvalue weighted by atomic mass is 9.71. The van der Waals surface area contributed by atoms with Crippen LogP contribution in [-0.2, 0) is 17.8 Å². The predicted octanol–water partition coefficient (Wildman–Crippen LogP) is 6.13. The van der Waals surface area contributed by atoms with E-state index in [9.17, 15) is 28.2 Å². The predicted molar refractivity (Wildman–Crippen MR) is 142 cm³/mol. The van der Waals surface area contributed by atoms with Gasteiger partial charge in [-0.1, -0.05) is 0 Å². The Morgan fingerprint density at radius 2 is 1.90 bits per heavy atom. The van der Waals surface area contributed by atoms with Crippen molar-refractivity contribution in [3.63, 3.8) is 0 Å². The molecule has 0 spiro atoms. The quantitative estimate of drug-likeness (QED) is 0.204. The number of piperidine rings is 1. The summed E-state index contributed by atoms with van der Waals surface area (Å²) in [5.74, 6) is -3.46. The van der Waals surface area contributed by atoms with Gasteiger partial charge >= 0.3 is 5.97 Å². The molecule has 2 N–H and O–H groups in total. The fourth-order valence-corrected chi connectivity index (χ4v) is 5.80. The second-order valence-corrected chi connectivity index (χ2v) is 10.6. The third-order valence-corrected chi connectivity index (χ3v) is 8.04. The van der Waals surface area contributed by atoms with E-state index in [1.165, 1.54) is 13.3 Å². The summed E-state index contributed by atoms with van der Waals surface area (Å²) in [6.07, 6.45) is 2.14. The van der Waals surface area contributed by atoms with Crippen LogP contribution in [0, 0.1) is 22.9 Å². The van der Waals surface area contributed by atoms with E-state index < -0.39 is 35.0 Å². The molecule has 0 saturated carbocycles. The van der Waals surface area contributed by atoms with Crippen LogP contribution in [0.2, 0.25) is 0 Å². The van der Waals surface area contributed by atoms with Gasteiger partial charge in [0, 0.05) is 28.8 Å². The number of pyridine rings is 1. The van der Waals surface area contributed by atoms with Crippen LogP contribution in [0.25, 0.3) is 10.9 Å². The Kier molecular flexibility index (Phi) is 9.63. The molecule has 0 aliphatic carbocycles. The van der Waals surface area contributed by atoms with Gasteiger partial charge in [-0.05, 0) is 93.4 Å². The van der Waals surface area contributed by atoms with Gasteiger partial charge in [-0.2, -0.15) is 0 Å². The first-order valence-corrected chi connectivity index (χ1v) is 13.4. The lowest BCUT2D eigenvalue weighted by Crippen LogP contribution is -2.41. The number of nitrogens with zero attached hydrogens (tertiary/aromatic N) is 2. The van der Waals surface area contributed by atoms with Crippen molar-refractivity contribution in [1.29, 1.82) is 0 Å². The number of aromatic nitrogens is 1. The van der Waals surface area contributed by atoms with Crippen LogP contribution in [0.1, 0.15) is 61.4 Å². The van der Waals surface area contributed by atoms with Crippen LogP contribution in [0.4, 0.5) is 17.6 Å². The van der Waals surface area contributed by atoms with E-state index in [1.54, 1.807) is 18.2 Å². The average Bonchev–Trinajstić information content (AvgIpc) is 2.94. The van der Waals surface area contributed by atoms with Crippen LogP contribution in [0.5, 0.6) is 5.75 Å². The van der Waals surface area contributed by atoms with Gasteiger partial charge in [-0.25, -0.2) is 17.6 Å². The Hall–Kier alpha value is -3.24. The molecular weight excluding hydrogens is 528 g/mol. The number of methoxy groups -OCH3 is 1. The molecule has 1 aliphatic heterocycles. The van der Waals surface area contributed by atoms with Gasteiger partial charge in [-0.15, -0.1) is 0 Å². The number of fused-ring (bicyclic) bond motifs is 1. The molecule has 1 saturated heterocycles. The van der Waals surface area contributed by atoms with Crippen LogP contribution in [0.15, 0.2) is 36.5 Å². The first-order valence-electron chi connectivity index (χ1n) is 13.4. The summed E-state index contributed by atoms with van der Waals surface area (Å²) in [5.41, 5.74) is 0.697. The van der Waals surface area contributed by atoms with Gasteiger partial charge in [0.1, 0.15) is 17.7 Å². The summed E-state index contributed by atoms with van der Waals surface area (Å²) >= 11 is 0. The fraction of sp³-hybridized carbons (Fsp3) is 0.467. The summed E-state index contributed by atoms with van der Waals surface area (Å²) < 4.78 is 62.1. The van der Waals surface area contributed by atoms with Gasteiger partial charge in [0.25, 0.3) is 0 Å². The standard InChI is InChI=1S/C30H34F4N2O4/c1-40-22-4-5-26-23(15-22)28(20(18-37)17-35-26)24(32)6-7-30(16-27(38)39)8-11-36(12-9-30)10-2-3-19-13-21(31)14-25(33)29(19)34/h4-5,13-15,17,24,37H,2-3,6-12,16,18H2,1H3,(H,38,39)/t24-/m1/s1. The fourth-order valence-electron chi connectivity index (χ4n) is 5.80. The van der Waals surface area contributed by atoms with Gasteiger partial charge in [0.05, 0.1) is 25.7 Å². The van der Waals surface area contributed by atoms with Crippen molar-refractivity contribution in [3.05, 3.63) is 70.7 Å². The number of hydrogen-bond acceptors (Lipinski definition) is 5. The summed E-state index contributed by atoms with van der Waals surface area (Å²) in [6.45, 7) is 1.36. The topological polar surface area (TPSA) is 82.9 Å². The minimum absolute atomic E-state index is 0.00720. The van der Waals surface area contributed by atoms with E-state index >= 15 is 4.39 Å². The third kappa shape index (κ3) is 6.90. The number of aliphatic hydroxyl groups is 1. The molecule has 0 amide bonds. The first kappa shape index (κ1) is 29.7. The monoisotopic (exact) mass is 562 g/mol. The number of ether oxygens (including phenoxy) is 1. The number of rotatable bonds is 12. The Morgan fingerprint density at radius 3 is 2.58 bits per heavy atom. The van der Waals surface area contributed by atoms with Crippen molar-refractivity contribution < 1.29 is 37.3 Å². The SMILES string of the molecule is COc1ccc2ncc(CO)c([C@H](F)CCC3(CC(=O)O)CCN(CCCc4cc(F)cc(F)c4F)CC3)c2c1. The van der Waals surface area contributed by atoms with Crippen molar-refractivity contribution in [1.82, 2.24) is 9.88 Å². The molecule has 2 aromatic carbocycles. The van der Waals surface area contributed by atoms with Gasteiger partial charge in [0.2, 0.25) is 0 Å². The lowest BCUT2D eigenvalue weighted by Gasteiger charge is -2.41. The Balaban J connectivity index is 1.41. The zero-order valence-electron chi connectivity index (χ0n) is 22.4. The number of halogens is 4. The number of carboxylic acids is 1.